The summed E-state index contributed by atoms with van der Waals surface area (Å²) in [5.74, 6) is -0.503. The molecule has 3 aliphatic heterocycles. The standard InChI is InChI=1S/C12H20N2O5S2/c15-12-11-5-1-2-6-13(11)21(18,19)14(12)8-10-4-3-7-20(16,17)9-10/h10-11H,1-9H2. The van der Waals surface area contributed by atoms with E-state index in [-0.39, 0.29) is 29.9 Å². The molecule has 2 unspecified atom stereocenters. The van der Waals surface area contributed by atoms with Gasteiger partial charge in [0.2, 0.25) is 0 Å². The van der Waals surface area contributed by atoms with Crippen LogP contribution in [0.15, 0.2) is 0 Å². The molecule has 3 aliphatic rings. The fraction of sp³-hybridized carbons (Fsp3) is 0.917. The van der Waals surface area contributed by atoms with Crippen molar-refractivity contribution in [3.05, 3.63) is 0 Å². The molecule has 0 aromatic carbocycles. The first-order chi connectivity index (χ1) is 9.81. The number of sulfone groups is 1. The van der Waals surface area contributed by atoms with E-state index >= 15 is 0 Å². The van der Waals surface area contributed by atoms with E-state index in [1.807, 2.05) is 0 Å². The predicted octanol–water partition coefficient (Wildman–Crippen LogP) is -0.247. The van der Waals surface area contributed by atoms with Gasteiger partial charge in [-0.25, -0.2) is 12.7 Å². The lowest BCUT2D eigenvalue weighted by Crippen LogP contribution is -2.41. The maximum Gasteiger partial charge on any atom is 0.307 e. The summed E-state index contributed by atoms with van der Waals surface area (Å²) in [7, 11) is -6.85. The van der Waals surface area contributed by atoms with Crippen LogP contribution in [0, 0.1) is 5.92 Å². The van der Waals surface area contributed by atoms with Crippen LogP contribution in [0.4, 0.5) is 0 Å². The van der Waals surface area contributed by atoms with Crippen LogP contribution in [0.5, 0.6) is 0 Å². The number of fused-ring (bicyclic) bond motifs is 1. The molecule has 0 bridgehead atoms. The molecule has 0 radical (unpaired) electrons. The third-order valence-electron chi connectivity index (χ3n) is 4.54. The minimum Gasteiger partial charge on any atom is -0.272 e. The number of amides is 1. The Bertz CT molecular complexity index is 643. The van der Waals surface area contributed by atoms with E-state index in [2.05, 4.69) is 0 Å². The van der Waals surface area contributed by atoms with Crippen molar-refractivity contribution >= 4 is 26.0 Å². The molecule has 0 N–H and O–H groups in total. The monoisotopic (exact) mass is 336 g/mol. The molecule has 2 atom stereocenters. The van der Waals surface area contributed by atoms with E-state index in [4.69, 9.17) is 0 Å². The summed E-state index contributed by atoms with van der Waals surface area (Å²) < 4.78 is 50.5. The first-order valence-corrected chi connectivity index (χ1v) is 10.6. The Kier molecular flexibility index (Phi) is 3.77. The van der Waals surface area contributed by atoms with Gasteiger partial charge in [0, 0.05) is 13.1 Å². The van der Waals surface area contributed by atoms with Crippen LogP contribution in [-0.4, -0.2) is 62.0 Å². The molecule has 0 aromatic heterocycles. The van der Waals surface area contributed by atoms with Gasteiger partial charge in [0.15, 0.2) is 9.84 Å². The van der Waals surface area contributed by atoms with Gasteiger partial charge in [-0.05, 0) is 31.6 Å². The topological polar surface area (TPSA) is 91.8 Å². The van der Waals surface area contributed by atoms with Gasteiger partial charge in [-0.2, -0.15) is 12.7 Å². The highest BCUT2D eigenvalue weighted by atomic mass is 32.2. The van der Waals surface area contributed by atoms with Gasteiger partial charge in [0.05, 0.1) is 11.5 Å². The summed E-state index contributed by atoms with van der Waals surface area (Å²) in [6.45, 7) is 0.394. The van der Waals surface area contributed by atoms with E-state index in [1.165, 1.54) is 4.31 Å². The van der Waals surface area contributed by atoms with Crippen LogP contribution >= 0.6 is 0 Å². The van der Waals surface area contributed by atoms with Gasteiger partial charge in [-0.3, -0.25) is 4.79 Å². The van der Waals surface area contributed by atoms with Gasteiger partial charge in [-0.1, -0.05) is 6.42 Å². The van der Waals surface area contributed by atoms with Crippen LogP contribution in [0.25, 0.3) is 0 Å². The third kappa shape index (κ3) is 2.70. The highest BCUT2D eigenvalue weighted by Gasteiger charge is 2.51. The second-order valence-electron chi connectivity index (χ2n) is 6.12. The van der Waals surface area contributed by atoms with Crippen molar-refractivity contribution in [1.29, 1.82) is 0 Å². The van der Waals surface area contributed by atoms with Gasteiger partial charge < -0.3 is 0 Å². The molecule has 120 valence electrons. The lowest BCUT2D eigenvalue weighted by atomic mass is 10.0. The van der Waals surface area contributed by atoms with Crippen molar-refractivity contribution in [2.24, 2.45) is 5.92 Å². The van der Waals surface area contributed by atoms with Crippen LogP contribution in [0.2, 0.25) is 0 Å². The van der Waals surface area contributed by atoms with Gasteiger partial charge in [-0.15, -0.1) is 0 Å². The van der Waals surface area contributed by atoms with Crippen molar-refractivity contribution in [2.75, 3.05) is 24.6 Å². The summed E-state index contributed by atoms with van der Waals surface area (Å²) in [5.41, 5.74) is 0. The highest BCUT2D eigenvalue weighted by Crippen LogP contribution is 2.32. The zero-order valence-corrected chi connectivity index (χ0v) is 13.4. The smallest absolute Gasteiger partial charge is 0.272 e. The molecule has 1 amide bonds. The maximum absolute atomic E-state index is 12.5. The van der Waals surface area contributed by atoms with Crippen LogP contribution in [-0.2, 0) is 24.8 Å². The van der Waals surface area contributed by atoms with Crippen LogP contribution in [0.3, 0.4) is 0 Å². The highest BCUT2D eigenvalue weighted by molar-refractivity contribution is 7.91. The molecular formula is C12H20N2O5S2. The molecule has 0 saturated carbocycles. The number of piperidine rings is 1. The molecule has 9 heteroatoms. The van der Waals surface area contributed by atoms with E-state index in [0.29, 0.717) is 25.8 Å². The molecular weight excluding hydrogens is 316 g/mol. The van der Waals surface area contributed by atoms with Crippen molar-refractivity contribution in [1.82, 2.24) is 8.61 Å². The molecule has 0 aliphatic carbocycles. The fourth-order valence-electron chi connectivity index (χ4n) is 3.51. The van der Waals surface area contributed by atoms with Gasteiger partial charge in [0.1, 0.15) is 6.04 Å². The van der Waals surface area contributed by atoms with Gasteiger partial charge >= 0.3 is 10.2 Å². The molecule has 0 spiro atoms. The van der Waals surface area contributed by atoms with E-state index in [9.17, 15) is 21.6 Å². The average molecular weight is 336 g/mol. The summed E-state index contributed by atoms with van der Waals surface area (Å²) in [4.78, 5) is 12.3. The minimum absolute atomic E-state index is 0.00734. The van der Waals surface area contributed by atoms with Crippen molar-refractivity contribution < 1.29 is 21.6 Å². The first kappa shape index (κ1) is 15.2. The molecule has 3 saturated heterocycles. The molecule has 3 rings (SSSR count). The van der Waals surface area contributed by atoms with E-state index in [0.717, 1.165) is 17.1 Å². The molecule has 21 heavy (non-hydrogen) atoms. The first-order valence-electron chi connectivity index (χ1n) is 7.35. The summed E-state index contributed by atoms with van der Waals surface area (Å²) in [6.07, 6.45) is 3.39. The average Bonchev–Trinajstić information content (AvgIpc) is 2.60. The summed E-state index contributed by atoms with van der Waals surface area (Å²) >= 11 is 0. The Labute approximate surface area is 125 Å². The van der Waals surface area contributed by atoms with Crippen molar-refractivity contribution in [3.8, 4) is 0 Å². The van der Waals surface area contributed by atoms with Gasteiger partial charge in [0.25, 0.3) is 5.91 Å². The summed E-state index contributed by atoms with van der Waals surface area (Å²) in [6, 6.07) is -0.566. The van der Waals surface area contributed by atoms with Crippen LogP contribution in [0.1, 0.15) is 32.1 Å². The zero-order valence-electron chi connectivity index (χ0n) is 11.8. The normalized spacial score (nSPS) is 35.6. The number of carbonyl (C=O) groups excluding carboxylic acids is 1. The Balaban J connectivity index is 1.80. The summed E-state index contributed by atoms with van der Waals surface area (Å²) in [5, 5.41) is 0. The number of nitrogens with zero attached hydrogens (tertiary/aromatic N) is 2. The molecule has 3 heterocycles. The second-order valence-corrected chi connectivity index (χ2v) is 10.2. The second kappa shape index (κ2) is 5.20. The quantitative estimate of drug-likeness (QED) is 0.693. The fourth-order valence-corrected chi connectivity index (χ4v) is 7.16. The van der Waals surface area contributed by atoms with Crippen molar-refractivity contribution in [2.45, 2.75) is 38.1 Å². The predicted molar refractivity (Wildman–Crippen MR) is 76.4 cm³/mol. The maximum atomic E-state index is 12.5. The Morgan fingerprint density at radius 1 is 1.05 bits per heavy atom. The lowest BCUT2D eigenvalue weighted by molar-refractivity contribution is -0.128. The number of rotatable bonds is 2. The number of hydrogen-bond acceptors (Lipinski definition) is 5. The van der Waals surface area contributed by atoms with E-state index in [1.54, 1.807) is 0 Å². The SMILES string of the molecule is O=C1C2CCCCN2S(=O)(=O)N1CC1CCCS(=O)(=O)C1. The third-order valence-corrected chi connectivity index (χ3v) is 8.35. The minimum atomic E-state index is -3.75. The number of hydrogen-bond donors (Lipinski definition) is 0. The van der Waals surface area contributed by atoms with Crippen molar-refractivity contribution in [3.63, 3.8) is 0 Å². The molecule has 0 aromatic rings. The number of carbonyl (C=O) groups is 1. The van der Waals surface area contributed by atoms with Crippen LogP contribution < -0.4 is 0 Å². The largest absolute Gasteiger partial charge is 0.307 e. The zero-order chi connectivity index (χ0) is 15.3. The molecule has 3 fully saturated rings. The Morgan fingerprint density at radius 2 is 1.81 bits per heavy atom. The molecule has 7 nitrogen and oxygen atoms in total. The Hall–Kier alpha value is -0.670. The van der Waals surface area contributed by atoms with E-state index < -0.39 is 26.1 Å². The Morgan fingerprint density at radius 3 is 2.48 bits per heavy atom. The lowest BCUT2D eigenvalue weighted by Gasteiger charge is -2.26.